The van der Waals surface area contributed by atoms with E-state index in [4.69, 9.17) is 0 Å². The highest BCUT2D eigenvalue weighted by atomic mass is 32.2. The minimum Gasteiger partial charge on any atom is -0.280 e. The number of sulfonamides is 1. The molecule has 0 bridgehead atoms. The largest absolute Gasteiger partial charge is 0.280 e. The maximum Gasteiger partial charge on any atom is 0.262 e. The molecule has 0 saturated carbocycles. The number of benzene rings is 2. The van der Waals surface area contributed by atoms with Gasteiger partial charge in [-0.05, 0) is 55.5 Å². The Balaban J connectivity index is 2.25. The van der Waals surface area contributed by atoms with E-state index in [2.05, 4.69) is 18.6 Å². The molecule has 0 fully saturated rings. The van der Waals surface area contributed by atoms with Crippen LogP contribution in [0.25, 0.3) is 0 Å². The third kappa shape index (κ3) is 3.69. The van der Waals surface area contributed by atoms with Crippen LogP contribution in [0.4, 0.5) is 5.69 Å². The zero-order chi connectivity index (χ0) is 16.3. The Morgan fingerprint density at radius 2 is 1.68 bits per heavy atom. The van der Waals surface area contributed by atoms with Crippen LogP contribution in [0.3, 0.4) is 0 Å². The lowest BCUT2D eigenvalue weighted by Gasteiger charge is -2.13. The summed E-state index contributed by atoms with van der Waals surface area (Å²) in [6.07, 6.45) is 1.06. The van der Waals surface area contributed by atoms with Crippen molar-refractivity contribution >= 4 is 15.7 Å². The van der Waals surface area contributed by atoms with E-state index in [0.29, 0.717) is 16.5 Å². The molecule has 1 atom stereocenters. The molecule has 118 valence electrons. The lowest BCUT2D eigenvalue weighted by molar-refractivity contribution is 0.600. The molecule has 1 unspecified atom stereocenters. The zero-order valence-electron chi connectivity index (χ0n) is 13.6. The Labute approximate surface area is 133 Å². The van der Waals surface area contributed by atoms with Crippen molar-refractivity contribution in [2.75, 3.05) is 4.72 Å². The quantitative estimate of drug-likeness (QED) is 0.874. The summed E-state index contributed by atoms with van der Waals surface area (Å²) in [5, 5.41) is 0. The molecule has 0 aliphatic rings. The van der Waals surface area contributed by atoms with Gasteiger partial charge in [-0.3, -0.25) is 4.72 Å². The molecule has 0 spiro atoms. The maximum absolute atomic E-state index is 12.5. The molecule has 4 heteroatoms. The summed E-state index contributed by atoms with van der Waals surface area (Å²) < 4.78 is 27.6. The van der Waals surface area contributed by atoms with Crippen molar-refractivity contribution in [3.63, 3.8) is 0 Å². The second-order valence-corrected chi connectivity index (χ2v) is 7.46. The normalized spacial score (nSPS) is 12.9. The first-order valence-corrected chi connectivity index (χ1v) is 9.02. The van der Waals surface area contributed by atoms with Gasteiger partial charge in [0.25, 0.3) is 10.0 Å². The van der Waals surface area contributed by atoms with Crippen LogP contribution < -0.4 is 4.72 Å². The fraction of sp³-hybridized carbons (Fsp3) is 0.333. The molecule has 0 aromatic heterocycles. The smallest absolute Gasteiger partial charge is 0.262 e. The monoisotopic (exact) mass is 317 g/mol. The number of hydrogen-bond acceptors (Lipinski definition) is 2. The van der Waals surface area contributed by atoms with Crippen LogP contribution in [-0.4, -0.2) is 8.42 Å². The SMILES string of the molecule is CCC(C)c1ccc(NS(=O)(=O)c2ccc(C)cc2C)cc1. The Hall–Kier alpha value is -1.81. The summed E-state index contributed by atoms with van der Waals surface area (Å²) in [7, 11) is -3.55. The molecule has 0 saturated heterocycles. The third-order valence-electron chi connectivity index (χ3n) is 3.96. The van der Waals surface area contributed by atoms with Gasteiger partial charge < -0.3 is 0 Å². The standard InChI is InChI=1S/C18H23NO2S/c1-5-14(3)16-7-9-17(10-8-16)19-22(20,21)18-11-6-13(2)12-15(18)4/h6-12,14,19H,5H2,1-4H3. The molecule has 3 nitrogen and oxygen atoms in total. The topological polar surface area (TPSA) is 46.2 Å². The number of nitrogens with one attached hydrogen (secondary N) is 1. The van der Waals surface area contributed by atoms with E-state index in [1.54, 1.807) is 6.07 Å². The number of anilines is 1. The first-order valence-electron chi connectivity index (χ1n) is 7.53. The maximum atomic E-state index is 12.5. The van der Waals surface area contributed by atoms with Crippen molar-refractivity contribution in [3.05, 3.63) is 59.2 Å². The van der Waals surface area contributed by atoms with Crippen molar-refractivity contribution in [1.29, 1.82) is 0 Å². The second-order valence-electron chi connectivity index (χ2n) is 5.81. The molecule has 2 aromatic carbocycles. The van der Waals surface area contributed by atoms with E-state index in [9.17, 15) is 8.42 Å². The lowest BCUT2D eigenvalue weighted by Crippen LogP contribution is -2.14. The summed E-state index contributed by atoms with van der Waals surface area (Å²) in [4.78, 5) is 0.323. The van der Waals surface area contributed by atoms with Crippen LogP contribution in [-0.2, 0) is 10.0 Å². The Kier molecular flexibility index (Phi) is 4.91. The third-order valence-corrected chi connectivity index (χ3v) is 5.51. The molecule has 0 heterocycles. The van der Waals surface area contributed by atoms with Crippen LogP contribution in [0.15, 0.2) is 47.4 Å². The molecule has 2 aromatic rings. The highest BCUT2D eigenvalue weighted by molar-refractivity contribution is 7.92. The van der Waals surface area contributed by atoms with Gasteiger partial charge in [0.05, 0.1) is 4.90 Å². The van der Waals surface area contributed by atoms with Crippen molar-refractivity contribution in [2.24, 2.45) is 0 Å². The number of rotatable bonds is 5. The average molecular weight is 317 g/mol. The molecule has 0 amide bonds. The predicted octanol–water partition coefficient (Wildman–Crippen LogP) is 4.62. The van der Waals surface area contributed by atoms with Crippen molar-refractivity contribution in [1.82, 2.24) is 0 Å². The van der Waals surface area contributed by atoms with Crippen LogP contribution in [0.2, 0.25) is 0 Å². The van der Waals surface area contributed by atoms with Gasteiger partial charge >= 0.3 is 0 Å². The Morgan fingerprint density at radius 3 is 2.23 bits per heavy atom. The molecule has 0 aliphatic carbocycles. The Bertz CT molecular complexity index is 749. The van der Waals surface area contributed by atoms with E-state index in [1.165, 1.54) is 5.56 Å². The number of hydrogen-bond donors (Lipinski definition) is 1. The number of aryl methyl sites for hydroxylation is 2. The molecule has 22 heavy (non-hydrogen) atoms. The summed E-state index contributed by atoms with van der Waals surface area (Å²) in [5.74, 6) is 0.477. The minimum atomic E-state index is -3.55. The van der Waals surface area contributed by atoms with E-state index in [-0.39, 0.29) is 0 Å². The average Bonchev–Trinajstić information content (AvgIpc) is 2.46. The fourth-order valence-corrected chi connectivity index (χ4v) is 3.71. The molecular weight excluding hydrogens is 294 g/mol. The first-order chi connectivity index (χ1) is 10.3. The van der Waals surface area contributed by atoms with Crippen LogP contribution in [0.5, 0.6) is 0 Å². The molecule has 2 rings (SSSR count). The van der Waals surface area contributed by atoms with Crippen molar-refractivity contribution in [3.8, 4) is 0 Å². The van der Waals surface area contributed by atoms with E-state index in [0.717, 1.165) is 17.5 Å². The molecule has 0 aliphatic heterocycles. The molecular formula is C18H23NO2S. The van der Waals surface area contributed by atoms with Crippen molar-refractivity contribution < 1.29 is 8.42 Å². The van der Waals surface area contributed by atoms with Gasteiger partial charge in [-0.1, -0.05) is 43.7 Å². The first kappa shape index (κ1) is 16.6. The van der Waals surface area contributed by atoms with E-state index in [1.807, 2.05) is 50.2 Å². The highest BCUT2D eigenvalue weighted by Crippen LogP contribution is 2.23. The highest BCUT2D eigenvalue weighted by Gasteiger charge is 2.16. The van der Waals surface area contributed by atoms with Gasteiger partial charge in [-0.15, -0.1) is 0 Å². The molecule has 0 radical (unpaired) electrons. The van der Waals surface area contributed by atoms with Gasteiger partial charge in [0.15, 0.2) is 0 Å². The fourth-order valence-electron chi connectivity index (χ4n) is 2.43. The van der Waals surface area contributed by atoms with Gasteiger partial charge in [0, 0.05) is 5.69 Å². The summed E-state index contributed by atoms with van der Waals surface area (Å²) in [6, 6.07) is 12.9. The van der Waals surface area contributed by atoms with Gasteiger partial charge in [-0.25, -0.2) is 8.42 Å². The van der Waals surface area contributed by atoms with Gasteiger partial charge in [0.2, 0.25) is 0 Å². The zero-order valence-corrected chi connectivity index (χ0v) is 14.4. The summed E-state index contributed by atoms with van der Waals surface area (Å²) in [6.45, 7) is 8.06. The van der Waals surface area contributed by atoms with Crippen LogP contribution >= 0.6 is 0 Å². The van der Waals surface area contributed by atoms with Crippen LogP contribution in [0, 0.1) is 13.8 Å². The lowest BCUT2D eigenvalue weighted by atomic mass is 9.99. The molecule has 1 N–H and O–H groups in total. The Morgan fingerprint density at radius 1 is 1.05 bits per heavy atom. The van der Waals surface area contributed by atoms with E-state index < -0.39 is 10.0 Å². The van der Waals surface area contributed by atoms with Crippen molar-refractivity contribution in [2.45, 2.75) is 44.9 Å². The van der Waals surface area contributed by atoms with Crippen LogP contribution in [0.1, 0.15) is 42.9 Å². The summed E-state index contributed by atoms with van der Waals surface area (Å²) >= 11 is 0. The van der Waals surface area contributed by atoms with Gasteiger partial charge in [-0.2, -0.15) is 0 Å². The predicted molar refractivity (Wildman–Crippen MR) is 91.9 cm³/mol. The van der Waals surface area contributed by atoms with E-state index >= 15 is 0 Å². The summed E-state index contributed by atoms with van der Waals surface area (Å²) in [5.41, 5.74) is 3.61. The van der Waals surface area contributed by atoms with Gasteiger partial charge in [0.1, 0.15) is 0 Å². The second kappa shape index (κ2) is 6.53. The minimum absolute atomic E-state index is 0.323.